The van der Waals surface area contributed by atoms with Gasteiger partial charge in [0.05, 0.1) is 5.02 Å². The number of halogens is 2. The monoisotopic (exact) mass is 365 g/mol. The van der Waals surface area contributed by atoms with Gasteiger partial charge in [-0.1, -0.05) is 35.3 Å². The zero-order chi connectivity index (χ0) is 17.3. The van der Waals surface area contributed by atoms with Crippen molar-refractivity contribution in [3.8, 4) is 11.4 Å². The van der Waals surface area contributed by atoms with E-state index in [1.807, 2.05) is 18.2 Å². The quantitative estimate of drug-likeness (QED) is 0.691. The molecule has 2 aromatic heterocycles. The van der Waals surface area contributed by atoms with Crippen LogP contribution in [-0.2, 0) is 6.54 Å². The van der Waals surface area contributed by atoms with Gasteiger partial charge >= 0.3 is 6.09 Å². The molecule has 7 nitrogen and oxygen atoms in total. The number of fused-ring (bicyclic) bond motifs is 1. The Hall–Kier alpha value is -2.38. The van der Waals surface area contributed by atoms with Crippen LogP contribution in [0.5, 0.6) is 0 Å². The van der Waals surface area contributed by atoms with Crippen LogP contribution >= 0.6 is 23.2 Å². The van der Waals surface area contributed by atoms with Crippen molar-refractivity contribution in [1.82, 2.24) is 24.8 Å². The number of imidazole rings is 1. The number of aromatic nitrogens is 4. The fourth-order valence-electron chi connectivity index (χ4n) is 2.40. The van der Waals surface area contributed by atoms with E-state index >= 15 is 0 Å². The lowest BCUT2D eigenvalue weighted by atomic mass is 10.2. The number of carbonyl (C=O) groups is 1. The van der Waals surface area contributed by atoms with Crippen LogP contribution < -0.4 is 5.32 Å². The van der Waals surface area contributed by atoms with Gasteiger partial charge in [-0.15, -0.1) is 0 Å². The first kappa shape index (κ1) is 16.5. The molecule has 0 aliphatic rings. The largest absolute Gasteiger partial charge is 0.465 e. The van der Waals surface area contributed by atoms with Gasteiger partial charge < -0.3 is 15.0 Å². The molecule has 9 heteroatoms. The van der Waals surface area contributed by atoms with E-state index in [-0.39, 0.29) is 11.7 Å². The number of rotatable bonds is 4. The molecule has 0 saturated heterocycles. The average molecular weight is 366 g/mol. The Labute approximate surface area is 147 Å². The Morgan fingerprint density at radius 3 is 2.71 bits per heavy atom. The van der Waals surface area contributed by atoms with Crippen molar-refractivity contribution in [1.29, 1.82) is 0 Å². The van der Waals surface area contributed by atoms with Gasteiger partial charge in [0.15, 0.2) is 10.8 Å². The van der Waals surface area contributed by atoms with Crippen molar-refractivity contribution in [3.05, 3.63) is 40.3 Å². The third kappa shape index (κ3) is 3.13. The number of benzene rings is 1. The zero-order valence-corrected chi connectivity index (χ0v) is 14.1. The third-order valence-electron chi connectivity index (χ3n) is 3.39. The number of hydrogen-bond donors (Lipinski definition) is 2. The van der Waals surface area contributed by atoms with Crippen molar-refractivity contribution in [2.75, 3.05) is 6.54 Å². The number of hydrogen-bond acceptors (Lipinski definition) is 4. The number of nitrogens with one attached hydrogen (secondary N) is 1. The number of nitrogens with zero attached hydrogens (tertiary/aromatic N) is 4. The van der Waals surface area contributed by atoms with Gasteiger partial charge in [-0.25, -0.2) is 19.7 Å². The minimum Gasteiger partial charge on any atom is -0.465 e. The molecule has 0 fully saturated rings. The summed E-state index contributed by atoms with van der Waals surface area (Å²) in [6.07, 6.45) is -1.09. The molecule has 0 aliphatic carbocycles. The molecule has 0 spiro atoms. The second-order valence-electron chi connectivity index (χ2n) is 5.03. The molecule has 124 valence electrons. The van der Waals surface area contributed by atoms with Crippen LogP contribution in [0.2, 0.25) is 10.2 Å². The van der Waals surface area contributed by atoms with Crippen LogP contribution in [0.25, 0.3) is 22.6 Å². The van der Waals surface area contributed by atoms with Gasteiger partial charge in [0, 0.05) is 18.7 Å². The lowest BCUT2D eigenvalue weighted by Gasteiger charge is -2.10. The Bertz CT molecular complexity index is 926. The summed E-state index contributed by atoms with van der Waals surface area (Å²) in [7, 11) is 0. The number of aryl methyl sites for hydroxylation is 1. The maximum absolute atomic E-state index is 10.7. The molecule has 0 atom stereocenters. The predicted octanol–water partition coefficient (Wildman–Crippen LogP) is 3.38. The van der Waals surface area contributed by atoms with Crippen LogP contribution in [0.4, 0.5) is 4.79 Å². The van der Waals surface area contributed by atoms with Crippen molar-refractivity contribution >= 4 is 40.5 Å². The fourth-order valence-corrected chi connectivity index (χ4v) is 2.87. The van der Waals surface area contributed by atoms with E-state index in [9.17, 15) is 4.79 Å². The topological polar surface area (TPSA) is 92.9 Å². The van der Waals surface area contributed by atoms with Gasteiger partial charge in [-0.2, -0.15) is 0 Å². The van der Waals surface area contributed by atoms with Crippen molar-refractivity contribution in [2.45, 2.75) is 13.5 Å². The van der Waals surface area contributed by atoms with Crippen molar-refractivity contribution < 1.29 is 9.90 Å². The fraction of sp³-hybridized carbons (Fsp3) is 0.200. The maximum Gasteiger partial charge on any atom is 0.404 e. The number of carboxylic acid groups (broad SMARTS) is 1. The molecule has 2 heterocycles. The molecule has 24 heavy (non-hydrogen) atoms. The summed E-state index contributed by atoms with van der Waals surface area (Å²) in [6, 6.07) is 7.26. The first-order valence-corrected chi connectivity index (χ1v) is 7.85. The van der Waals surface area contributed by atoms with Gasteiger partial charge in [0.25, 0.3) is 0 Å². The van der Waals surface area contributed by atoms with Crippen LogP contribution in [0.15, 0.2) is 24.3 Å². The van der Waals surface area contributed by atoms with Gasteiger partial charge in [-0.05, 0) is 19.1 Å². The summed E-state index contributed by atoms with van der Waals surface area (Å²) in [6.45, 7) is 2.25. The van der Waals surface area contributed by atoms with E-state index in [4.69, 9.17) is 28.3 Å². The SMILES string of the molecule is Cc1nc(Cl)c2nc(-c3ccccc3Cl)n(CCNC(=O)O)c2n1. The molecule has 3 aromatic rings. The van der Waals surface area contributed by atoms with Crippen LogP contribution in [-0.4, -0.2) is 37.3 Å². The highest BCUT2D eigenvalue weighted by Crippen LogP contribution is 2.31. The lowest BCUT2D eigenvalue weighted by molar-refractivity contribution is 0.194. The Balaban J connectivity index is 2.18. The normalized spacial score (nSPS) is 11.0. The van der Waals surface area contributed by atoms with E-state index in [1.54, 1.807) is 17.6 Å². The van der Waals surface area contributed by atoms with Gasteiger partial charge in [0.2, 0.25) is 0 Å². The smallest absolute Gasteiger partial charge is 0.404 e. The van der Waals surface area contributed by atoms with Crippen LogP contribution in [0.3, 0.4) is 0 Å². The zero-order valence-electron chi connectivity index (χ0n) is 12.6. The Morgan fingerprint density at radius 1 is 1.25 bits per heavy atom. The van der Waals surface area contributed by atoms with E-state index in [1.165, 1.54) is 0 Å². The third-order valence-corrected chi connectivity index (χ3v) is 3.98. The van der Waals surface area contributed by atoms with Gasteiger partial charge in [0.1, 0.15) is 17.2 Å². The lowest BCUT2D eigenvalue weighted by Crippen LogP contribution is -2.25. The van der Waals surface area contributed by atoms with E-state index in [2.05, 4.69) is 20.3 Å². The van der Waals surface area contributed by atoms with Gasteiger partial charge in [-0.3, -0.25) is 0 Å². The molecule has 2 N–H and O–H groups in total. The molecule has 0 unspecified atom stereocenters. The second kappa shape index (κ2) is 6.62. The highest BCUT2D eigenvalue weighted by Gasteiger charge is 2.19. The molecule has 0 radical (unpaired) electrons. The standard InChI is InChI=1S/C15H13Cl2N5O2/c1-8-19-12(17)11-14(20-8)22(7-6-18-15(23)24)13(21-11)9-4-2-3-5-10(9)16/h2-5,18H,6-7H2,1H3,(H,23,24). The summed E-state index contributed by atoms with van der Waals surface area (Å²) in [5.74, 6) is 1.06. The number of amides is 1. The molecule has 0 aliphatic heterocycles. The summed E-state index contributed by atoms with van der Waals surface area (Å²) < 4.78 is 1.78. The Kier molecular flexibility index (Phi) is 4.55. The van der Waals surface area contributed by atoms with Crippen molar-refractivity contribution in [3.63, 3.8) is 0 Å². The molecule has 3 rings (SSSR count). The minimum atomic E-state index is -1.09. The van der Waals surface area contributed by atoms with E-state index in [0.717, 1.165) is 0 Å². The maximum atomic E-state index is 10.7. The first-order valence-electron chi connectivity index (χ1n) is 7.09. The highest BCUT2D eigenvalue weighted by atomic mass is 35.5. The molecular formula is C15H13Cl2N5O2. The summed E-state index contributed by atoms with van der Waals surface area (Å²) in [5.41, 5.74) is 1.70. The Morgan fingerprint density at radius 2 is 2.00 bits per heavy atom. The second-order valence-corrected chi connectivity index (χ2v) is 5.80. The highest BCUT2D eigenvalue weighted by molar-refractivity contribution is 6.34. The molecule has 1 aromatic carbocycles. The van der Waals surface area contributed by atoms with Crippen LogP contribution in [0.1, 0.15) is 5.82 Å². The molecule has 0 bridgehead atoms. The molecule has 1 amide bonds. The molecular weight excluding hydrogens is 353 g/mol. The predicted molar refractivity (Wildman–Crippen MR) is 91.5 cm³/mol. The average Bonchev–Trinajstić information content (AvgIpc) is 2.86. The first-order chi connectivity index (χ1) is 11.5. The summed E-state index contributed by atoms with van der Waals surface area (Å²) in [5, 5.41) is 11.9. The minimum absolute atomic E-state index is 0.193. The van der Waals surface area contributed by atoms with Crippen LogP contribution in [0, 0.1) is 6.92 Å². The van der Waals surface area contributed by atoms with E-state index < -0.39 is 6.09 Å². The summed E-state index contributed by atoms with van der Waals surface area (Å²) >= 11 is 12.5. The summed E-state index contributed by atoms with van der Waals surface area (Å²) in [4.78, 5) is 23.7. The van der Waals surface area contributed by atoms with Crippen molar-refractivity contribution in [2.24, 2.45) is 0 Å². The molecule has 0 saturated carbocycles. The van der Waals surface area contributed by atoms with E-state index in [0.29, 0.717) is 39.9 Å².